The van der Waals surface area contributed by atoms with Gasteiger partial charge in [0.2, 0.25) is 0 Å². The lowest BCUT2D eigenvalue weighted by Gasteiger charge is -2.23. The third-order valence-electron chi connectivity index (χ3n) is 3.59. The molecule has 0 spiro atoms. The predicted octanol–water partition coefficient (Wildman–Crippen LogP) is 2.05. The lowest BCUT2D eigenvalue weighted by atomic mass is 10.2. The first-order chi connectivity index (χ1) is 10.0. The van der Waals surface area contributed by atoms with E-state index in [9.17, 15) is 5.11 Å². The topological polar surface area (TPSA) is 44.7 Å². The first kappa shape index (κ1) is 18.0. The molecule has 120 valence electrons. The van der Waals surface area contributed by atoms with Gasteiger partial charge in [-0.05, 0) is 39.1 Å². The van der Waals surface area contributed by atoms with Crippen LogP contribution >= 0.6 is 0 Å². The van der Waals surface area contributed by atoms with Crippen LogP contribution in [0.2, 0.25) is 0 Å². The largest absolute Gasteiger partial charge is 0.492 e. The average Bonchev–Trinajstić information content (AvgIpc) is 2.50. The maximum absolute atomic E-state index is 10.0. The highest BCUT2D eigenvalue weighted by atomic mass is 16.5. The second-order valence-corrected chi connectivity index (χ2v) is 5.57. The summed E-state index contributed by atoms with van der Waals surface area (Å²) in [6.45, 7) is 12.2. The van der Waals surface area contributed by atoms with Crippen LogP contribution in [0, 0.1) is 6.92 Å². The molecule has 1 rings (SSSR count). The molecule has 2 N–H and O–H groups in total. The quantitative estimate of drug-likeness (QED) is 0.693. The molecule has 0 aromatic heterocycles. The molecule has 2 atom stereocenters. The molecule has 0 aliphatic carbocycles. The molecule has 0 aliphatic heterocycles. The summed E-state index contributed by atoms with van der Waals surface area (Å²) in [7, 11) is 0. The highest BCUT2D eigenvalue weighted by Gasteiger charge is 2.10. The van der Waals surface area contributed by atoms with Crippen LogP contribution in [-0.2, 0) is 0 Å². The van der Waals surface area contributed by atoms with Gasteiger partial charge in [0.15, 0.2) is 0 Å². The van der Waals surface area contributed by atoms with Crippen LogP contribution in [0.3, 0.4) is 0 Å². The first-order valence-electron chi connectivity index (χ1n) is 7.88. The van der Waals surface area contributed by atoms with E-state index in [0.29, 0.717) is 19.7 Å². The molecular weight excluding hydrogens is 264 g/mol. The number of likely N-dealkylation sites (N-methyl/N-ethyl adjacent to an activating group) is 1. The minimum absolute atomic E-state index is 0.206. The summed E-state index contributed by atoms with van der Waals surface area (Å²) < 4.78 is 5.72. The number of nitrogens with zero attached hydrogens (tertiary/aromatic N) is 1. The number of aryl methyl sites for hydroxylation is 1. The monoisotopic (exact) mass is 294 g/mol. The van der Waals surface area contributed by atoms with Crippen molar-refractivity contribution in [1.82, 2.24) is 10.2 Å². The van der Waals surface area contributed by atoms with Crippen molar-refractivity contribution in [2.45, 2.75) is 39.8 Å². The minimum Gasteiger partial charge on any atom is -0.492 e. The van der Waals surface area contributed by atoms with Crippen molar-refractivity contribution in [3.8, 4) is 5.75 Å². The number of nitrogens with one attached hydrogen (secondary N) is 1. The molecule has 0 aliphatic rings. The molecule has 0 radical (unpaired) electrons. The fourth-order valence-electron chi connectivity index (χ4n) is 2.10. The van der Waals surface area contributed by atoms with Gasteiger partial charge in [-0.1, -0.05) is 31.5 Å². The first-order valence-corrected chi connectivity index (χ1v) is 7.88. The van der Waals surface area contributed by atoms with Crippen molar-refractivity contribution < 1.29 is 9.84 Å². The van der Waals surface area contributed by atoms with Gasteiger partial charge < -0.3 is 20.1 Å². The van der Waals surface area contributed by atoms with E-state index in [0.717, 1.165) is 18.8 Å². The van der Waals surface area contributed by atoms with Crippen molar-refractivity contribution in [3.63, 3.8) is 0 Å². The van der Waals surface area contributed by atoms with Crippen molar-refractivity contribution in [2.24, 2.45) is 0 Å². The Kier molecular flexibility index (Phi) is 8.35. The fourth-order valence-corrected chi connectivity index (χ4v) is 2.10. The molecule has 0 fully saturated rings. The third kappa shape index (κ3) is 7.46. The molecule has 2 unspecified atom stereocenters. The summed E-state index contributed by atoms with van der Waals surface area (Å²) >= 11 is 0. The van der Waals surface area contributed by atoms with Gasteiger partial charge in [0.1, 0.15) is 12.4 Å². The number of rotatable bonds is 10. The molecule has 0 saturated heterocycles. The summed E-state index contributed by atoms with van der Waals surface area (Å²) in [5.74, 6) is 0.887. The van der Waals surface area contributed by atoms with Crippen LogP contribution < -0.4 is 10.1 Å². The smallest absolute Gasteiger partial charge is 0.119 e. The summed E-state index contributed by atoms with van der Waals surface area (Å²) in [6.07, 6.45) is -0.341. The molecule has 4 heteroatoms. The molecule has 1 aromatic carbocycles. The Hall–Kier alpha value is -1.10. The number of aliphatic hydroxyl groups excluding tert-OH is 1. The van der Waals surface area contributed by atoms with Gasteiger partial charge in [0.25, 0.3) is 0 Å². The van der Waals surface area contributed by atoms with Crippen molar-refractivity contribution in [3.05, 3.63) is 29.8 Å². The number of benzene rings is 1. The Balaban J connectivity index is 2.21. The van der Waals surface area contributed by atoms with Crippen LogP contribution in [-0.4, -0.2) is 54.9 Å². The summed E-state index contributed by atoms with van der Waals surface area (Å²) in [6, 6.07) is 8.26. The summed E-state index contributed by atoms with van der Waals surface area (Å²) in [4.78, 5) is 2.22. The van der Waals surface area contributed by atoms with Crippen LogP contribution in [0.5, 0.6) is 5.75 Å². The van der Waals surface area contributed by atoms with E-state index in [4.69, 9.17) is 4.74 Å². The van der Waals surface area contributed by atoms with Crippen LogP contribution in [0.25, 0.3) is 0 Å². The Morgan fingerprint density at radius 1 is 1.19 bits per heavy atom. The highest BCUT2D eigenvalue weighted by Crippen LogP contribution is 2.11. The molecule has 1 aromatic rings. The van der Waals surface area contributed by atoms with Gasteiger partial charge in [-0.2, -0.15) is 0 Å². The van der Waals surface area contributed by atoms with Crippen molar-refractivity contribution >= 4 is 0 Å². The second-order valence-electron chi connectivity index (χ2n) is 5.57. The average molecular weight is 294 g/mol. The Morgan fingerprint density at radius 3 is 2.38 bits per heavy atom. The van der Waals surface area contributed by atoms with Crippen LogP contribution in [0.4, 0.5) is 0 Å². The number of aliphatic hydroxyl groups is 1. The van der Waals surface area contributed by atoms with Gasteiger partial charge >= 0.3 is 0 Å². The lowest BCUT2D eigenvalue weighted by Crippen LogP contribution is -2.42. The van der Waals surface area contributed by atoms with E-state index >= 15 is 0 Å². The molecule has 21 heavy (non-hydrogen) atoms. The normalized spacial score (nSPS) is 14.2. The molecule has 0 saturated carbocycles. The Morgan fingerprint density at radius 2 is 1.81 bits per heavy atom. The maximum atomic E-state index is 10.0. The highest BCUT2D eigenvalue weighted by molar-refractivity contribution is 5.26. The summed E-state index contributed by atoms with van der Waals surface area (Å²) in [5, 5.41) is 13.3. The zero-order valence-electron chi connectivity index (χ0n) is 13.8. The zero-order chi connectivity index (χ0) is 15.7. The molecular formula is C17H30N2O2. The molecule has 0 heterocycles. The van der Waals surface area contributed by atoms with Gasteiger partial charge in [-0.25, -0.2) is 0 Å². The minimum atomic E-state index is -0.341. The SMILES string of the molecule is CCN(CC)CC(O)CNC(C)COc1ccc(C)cc1. The molecule has 4 nitrogen and oxygen atoms in total. The van der Waals surface area contributed by atoms with E-state index in [1.807, 2.05) is 24.3 Å². The van der Waals surface area contributed by atoms with E-state index in [-0.39, 0.29) is 12.1 Å². The van der Waals surface area contributed by atoms with E-state index in [2.05, 4.69) is 37.9 Å². The van der Waals surface area contributed by atoms with Gasteiger partial charge in [0.05, 0.1) is 6.10 Å². The van der Waals surface area contributed by atoms with Gasteiger partial charge in [-0.3, -0.25) is 0 Å². The van der Waals surface area contributed by atoms with Crippen LogP contribution in [0.15, 0.2) is 24.3 Å². The number of ether oxygens (including phenoxy) is 1. The Bertz CT molecular complexity index is 377. The second kappa shape index (κ2) is 9.77. The third-order valence-corrected chi connectivity index (χ3v) is 3.59. The van der Waals surface area contributed by atoms with E-state index in [1.165, 1.54) is 5.56 Å². The van der Waals surface area contributed by atoms with E-state index < -0.39 is 0 Å². The van der Waals surface area contributed by atoms with Crippen molar-refractivity contribution in [1.29, 1.82) is 0 Å². The maximum Gasteiger partial charge on any atom is 0.119 e. The van der Waals surface area contributed by atoms with Crippen molar-refractivity contribution in [2.75, 3.05) is 32.8 Å². The van der Waals surface area contributed by atoms with Gasteiger partial charge in [0, 0.05) is 19.1 Å². The van der Waals surface area contributed by atoms with Crippen LogP contribution in [0.1, 0.15) is 26.3 Å². The fraction of sp³-hybridized carbons (Fsp3) is 0.647. The lowest BCUT2D eigenvalue weighted by molar-refractivity contribution is 0.112. The summed E-state index contributed by atoms with van der Waals surface area (Å²) in [5.41, 5.74) is 1.23. The zero-order valence-corrected chi connectivity index (χ0v) is 13.8. The number of hydrogen-bond acceptors (Lipinski definition) is 4. The molecule has 0 amide bonds. The number of hydrogen-bond donors (Lipinski definition) is 2. The molecule has 0 bridgehead atoms. The standard InChI is InChI=1S/C17H30N2O2/c1-5-19(6-2)12-16(20)11-18-15(4)13-21-17-9-7-14(3)8-10-17/h7-10,15-16,18,20H,5-6,11-13H2,1-4H3. The Labute approximate surface area is 129 Å². The van der Waals surface area contributed by atoms with Gasteiger partial charge in [-0.15, -0.1) is 0 Å². The van der Waals surface area contributed by atoms with E-state index in [1.54, 1.807) is 0 Å². The predicted molar refractivity (Wildman–Crippen MR) is 87.9 cm³/mol.